The molecule has 4 aromatic rings. The van der Waals surface area contributed by atoms with Gasteiger partial charge in [0.25, 0.3) is 0 Å². The van der Waals surface area contributed by atoms with Crippen LogP contribution in [0.25, 0.3) is 33.6 Å². The number of carboxylic acid groups (broad SMARTS) is 1. The van der Waals surface area contributed by atoms with E-state index in [1.54, 1.807) is 18.6 Å². The molecule has 2 heterocycles. The molecule has 0 saturated carbocycles. The van der Waals surface area contributed by atoms with Crippen LogP contribution in [0.2, 0.25) is 0 Å². The molecule has 0 aliphatic carbocycles. The van der Waals surface area contributed by atoms with Crippen molar-refractivity contribution in [2.24, 2.45) is 0 Å². The number of benzene rings is 2. The smallest absolute Gasteiger partial charge is 0.328 e. The maximum atomic E-state index is 10.9. The summed E-state index contributed by atoms with van der Waals surface area (Å²) < 4.78 is 4.23. The normalized spacial score (nSPS) is 11.4. The number of imidazole rings is 1. The van der Waals surface area contributed by atoms with Gasteiger partial charge in [0.2, 0.25) is 0 Å². The van der Waals surface area contributed by atoms with E-state index in [2.05, 4.69) is 33.8 Å². The molecule has 0 unspecified atom stereocenters. The topological polar surface area (TPSA) is 83.8 Å². The van der Waals surface area contributed by atoms with Crippen LogP contribution < -0.4 is 0 Å². The van der Waals surface area contributed by atoms with Gasteiger partial charge in [0.1, 0.15) is 0 Å². The van der Waals surface area contributed by atoms with Gasteiger partial charge in [0, 0.05) is 58.9 Å². The van der Waals surface area contributed by atoms with Gasteiger partial charge in [-0.2, -0.15) is 5.26 Å². The molecule has 144 valence electrons. The molecule has 6 nitrogen and oxygen atoms in total. The van der Waals surface area contributed by atoms with Gasteiger partial charge >= 0.3 is 5.97 Å². The van der Waals surface area contributed by atoms with Crippen LogP contribution in [-0.2, 0) is 11.3 Å². The zero-order valence-electron chi connectivity index (χ0n) is 15.8. The van der Waals surface area contributed by atoms with E-state index < -0.39 is 5.97 Å². The van der Waals surface area contributed by atoms with Gasteiger partial charge in [-0.15, -0.1) is 0 Å². The molecular formula is C23H20N4O2. The van der Waals surface area contributed by atoms with Crippen LogP contribution in [0, 0.1) is 11.3 Å². The van der Waals surface area contributed by atoms with Gasteiger partial charge in [-0.25, -0.2) is 9.78 Å². The molecule has 1 N–H and O–H groups in total. The fourth-order valence-electron chi connectivity index (χ4n) is 3.66. The second-order valence-electron chi connectivity index (χ2n) is 6.89. The number of unbranched alkanes of at least 4 members (excludes halogenated alkanes) is 2. The van der Waals surface area contributed by atoms with Crippen LogP contribution >= 0.6 is 0 Å². The van der Waals surface area contributed by atoms with Gasteiger partial charge in [0.05, 0.1) is 12.4 Å². The molecule has 29 heavy (non-hydrogen) atoms. The van der Waals surface area contributed by atoms with E-state index in [4.69, 9.17) is 10.4 Å². The van der Waals surface area contributed by atoms with E-state index in [1.807, 2.05) is 29.0 Å². The Hall–Kier alpha value is -3.85. The van der Waals surface area contributed by atoms with Crippen LogP contribution in [-0.4, -0.2) is 25.2 Å². The maximum absolute atomic E-state index is 10.9. The zero-order chi connectivity index (χ0) is 20.2. The monoisotopic (exact) mass is 384 g/mol. The molecule has 0 saturated heterocycles. The number of carbonyl (C=O) groups is 1. The number of aryl methyl sites for hydroxylation is 1. The summed E-state index contributed by atoms with van der Waals surface area (Å²) in [5.74, 6) is -0.966. The van der Waals surface area contributed by atoms with Crippen LogP contribution in [0.3, 0.4) is 0 Å². The lowest BCUT2D eigenvalue weighted by Gasteiger charge is -2.08. The summed E-state index contributed by atoms with van der Waals surface area (Å²) in [6.45, 7) is 0.804. The maximum Gasteiger partial charge on any atom is 0.328 e. The lowest BCUT2D eigenvalue weighted by molar-refractivity contribution is -0.131. The average molecular weight is 384 g/mol. The lowest BCUT2D eigenvalue weighted by Crippen LogP contribution is -1.98. The van der Waals surface area contributed by atoms with Crippen LogP contribution in [0.1, 0.15) is 24.8 Å². The first-order valence-corrected chi connectivity index (χ1v) is 9.49. The first kappa shape index (κ1) is 18.5. The van der Waals surface area contributed by atoms with Crippen molar-refractivity contribution >= 4 is 33.9 Å². The summed E-state index contributed by atoms with van der Waals surface area (Å²) in [5.41, 5.74) is 4.07. The largest absolute Gasteiger partial charge is 0.478 e. The minimum atomic E-state index is -0.966. The van der Waals surface area contributed by atoms with Crippen molar-refractivity contribution in [1.82, 2.24) is 14.1 Å². The molecular weight excluding hydrogens is 364 g/mol. The molecule has 2 aromatic heterocycles. The average Bonchev–Trinajstić information content (AvgIpc) is 3.36. The molecule has 0 radical (unpaired) electrons. The second kappa shape index (κ2) is 8.03. The number of aliphatic carboxylic acids is 1. The van der Waals surface area contributed by atoms with Crippen molar-refractivity contribution in [2.75, 3.05) is 0 Å². The van der Waals surface area contributed by atoms with Crippen LogP contribution in [0.5, 0.6) is 0 Å². The quantitative estimate of drug-likeness (QED) is 0.367. The fraction of sp³-hybridized carbons (Fsp3) is 0.174. The van der Waals surface area contributed by atoms with E-state index in [1.165, 1.54) is 0 Å². The van der Waals surface area contributed by atoms with E-state index in [-0.39, 0.29) is 0 Å². The molecule has 0 aliphatic heterocycles. The zero-order valence-corrected chi connectivity index (χ0v) is 15.8. The third kappa shape index (κ3) is 3.76. The van der Waals surface area contributed by atoms with E-state index in [0.717, 1.165) is 58.5 Å². The first-order valence-electron chi connectivity index (χ1n) is 9.49. The molecule has 4 rings (SSSR count). The lowest BCUT2D eigenvalue weighted by atomic mass is 10.1. The number of rotatable bonds is 7. The Morgan fingerprint density at radius 1 is 1.14 bits per heavy atom. The van der Waals surface area contributed by atoms with Gasteiger partial charge in [0.15, 0.2) is 0 Å². The first-order chi connectivity index (χ1) is 14.2. The minimum Gasteiger partial charge on any atom is -0.478 e. The summed E-state index contributed by atoms with van der Waals surface area (Å²) in [7, 11) is 0. The number of carboxylic acids is 1. The number of nitriles is 1. The number of fused-ring (bicyclic) bond motifs is 3. The Kier molecular flexibility index (Phi) is 5.12. The number of aromatic nitrogens is 3. The standard InChI is InChI=1S/C23H20N4O2/c24-10-2-1-3-12-27-21-8-6-18(26-13-11-25-16-26)15-20(21)19-7-4-17(14-22(19)27)5-9-23(28)29/h4-9,11,13-16H,1-3,12H2,(H,28,29)/b9-5+. The van der Waals surface area contributed by atoms with Crippen molar-refractivity contribution in [2.45, 2.75) is 25.8 Å². The summed E-state index contributed by atoms with van der Waals surface area (Å²) in [6.07, 6.45) is 10.5. The third-order valence-corrected chi connectivity index (χ3v) is 5.01. The van der Waals surface area contributed by atoms with Crippen molar-refractivity contribution in [1.29, 1.82) is 5.26 Å². The molecule has 0 atom stereocenters. The van der Waals surface area contributed by atoms with Gasteiger partial charge in [-0.3, -0.25) is 0 Å². The molecule has 6 heteroatoms. The molecule has 0 spiro atoms. The fourth-order valence-corrected chi connectivity index (χ4v) is 3.66. The van der Waals surface area contributed by atoms with Gasteiger partial charge in [-0.1, -0.05) is 12.1 Å². The van der Waals surface area contributed by atoms with E-state index in [9.17, 15) is 4.79 Å². The number of hydrogen-bond donors (Lipinski definition) is 1. The Balaban J connectivity index is 1.85. The summed E-state index contributed by atoms with van der Waals surface area (Å²) in [6, 6.07) is 14.5. The Morgan fingerprint density at radius 2 is 2.03 bits per heavy atom. The van der Waals surface area contributed by atoms with Crippen molar-refractivity contribution in [3.8, 4) is 11.8 Å². The molecule has 0 bridgehead atoms. The third-order valence-electron chi connectivity index (χ3n) is 5.01. The van der Waals surface area contributed by atoms with E-state index in [0.29, 0.717) is 6.42 Å². The van der Waals surface area contributed by atoms with Crippen molar-refractivity contribution < 1.29 is 9.90 Å². The summed E-state index contributed by atoms with van der Waals surface area (Å²) in [4.78, 5) is 15.0. The number of nitrogens with zero attached hydrogens (tertiary/aromatic N) is 4. The Bertz CT molecular complexity index is 1240. The predicted octanol–water partition coefficient (Wildman–Crippen LogP) is 4.77. The van der Waals surface area contributed by atoms with Crippen molar-refractivity contribution in [3.05, 3.63) is 66.8 Å². The Morgan fingerprint density at radius 3 is 2.79 bits per heavy atom. The van der Waals surface area contributed by atoms with Crippen LogP contribution in [0.15, 0.2) is 61.2 Å². The summed E-state index contributed by atoms with van der Waals surface area (Å²) >= 11 is 0. The SMILES string of the molecule is N#CCCCCn1c2ccc(-n3ccnc3)cc2c2ccc(/C=C/C(=O)O)cc21. The highest BCUT2D eigenvalue weighted by molar-refractivity contribution is 6.09. The Labute approximate surface area is 167 Å². The molecule has 0 amide bonds. The molecule has 2 aromatic carbocycles. The van der Waals surface area contributed by atoms with Gasteiger partial charge in [-0.05, 0) is 48.7 Å². The predicted molar refractivity (Wildman–Crippen MR) is 113 cm³/mol. The van der Waals surface area contributed by atoms with Crippen LogP contribution in [0.4, 0.5) is 0 Å². The van der Waals surface area contributed by atoms with Gasteiger partial charge < -0.3 is 14.2 Å². The van der Waals surface area contributed by atoms with E-state index >= 15 is 0 Å². The minimum absolute atomic E-state index is 0.550. The molecule has 0 aliphatic rings. The highest BCUT2D eigenvalue weighted by atomic mass is 16.4. The molecule has 0 fully saturated rings. The van der Waals surface area contributed by atoms with Crippen molar-refractivity contribution in [3.63, 3.8) is 0 Å². The highest BCUT2D eigenvalue weighted by Crippen LogP contribution is 2.32. The number of hydrogen-bond acceptors (Lipinski definition) is 3. The second-order valence-corrected chi connectivity index (χ2v) is 6.89. The summed E-state index contributed by atoms with van der Waals surface area (Å²) in [5, 5.41) is 20.0. The highest BCUT2D eigenvalue weighted by Gasteiger charge is 2.12.